The summed E-state index contributed by atoms with van der Waals surface area (Å²) in [7, 11) is 0. The second-order valence-corrected chi connectivity index (χ2v) is 4.59. The van der Waals surface area contributed by atoms with Crippen LogP contribution >= 0.6 is 0 Å². The SMILES string of the molecule is CC1CCC(C(Nc2ccc(F)cc2)C(N)=O)O1. The van der Waals surface area contributed by atoms with Gasteiger partial charge in [-0.3, -0.25) is 4.79 Å². The number of nitrogens with two attached hydrogens (primary N) is 1. The number of anilines is 1. The van der Waals surface area contributed by atoms with Gasteiger partial charge in [0.1, 0.15) is 11.9 Å². The molecule has 18 heavy (non-hydrogen) atoms. The minimum atomic E-state index is -0.583. The second-order valence-electron chi connectivity index (χ2n) is 4.59. The van der Waals surface area contributed by atoms with Crippen molar-refractivity contribution >= 4 is 11.6 Å². The van der Waals surface area contributed by atoms with Gasteiger partial charge in [-0.25, -0.2) is 4.39 Å². The fourth-order valence-electron chi connectivity index (χ4n) is 2.15. The van der Waals surface area contributed by atoms with Crippen LogP contribution in [-0.4, -0.2) is 24.2 Å². The number of halogens is 1. The molecule has 3 atom stereocenters. The predicted molar refractivity (Wildman–Crippen MR) is 66.6 cm³/mol. The van der Waals surface area contributed by atoms with Gasteiger partial charge in [0.05, 0.1) is 12.2 Å². The molecule has 0 radical (unpaired) electrons. The maximum Gasteiger partial charge on any atom is 0.242 e. The molecule has 1 aliphatic heterocycles. The van der Waals surface area contributed by atoms with Crippen LogP contribution in [0.25, 0.3) is 0 Å². The second kappa shape index (κ2) is 5.35. The average Bonchev–Trinajstić information content (AvgIpc) is 2.74. The Morgan fingerprint density at radius 1 is 1.44 bits per heavy atom. The average molecular weight is 252 g/mol. The maximum absolute atomic E-state index is 12.8. The molecule has 4 nitrogen and oxygen atoms in total. The molecule has 1 aromatic rings. The van der Waals surface area contributed by atoms with E-state index < -0.39 is 11.9 Å². The van der Waals surface area contributed by atoms with Crippen LogP contribution in [0, 0.1) is 5.82 Å². The third-order valence-electron chi connectivity index (χ3n) is 3.11. The molecule has 0 aliphatic carbocycles. The summed E-state index contributed by atoms with van der Waals surface area (Å²) in [5.74, 6) is -0.777. The van der Waals surface area contributed by atoms with Crippen molar-refractivity contribution in [3.8, 4) is 0 Å². The molecule has 1 amide bonds. The molecule has 1 saturated heterocycles. The third kappa shape index (κ3) is 2.98. The first-order chi connectivity index (χ1) is 8.56. The molecular weight excluding hydrogens is 235 g/mol. The Morgan fingerprint density at radius 2 is 2.11 bits per heavy atom. The topological polar surface area (TPSA) is 64.3 Å². The molecule has 0 spiro atoms. The number of carbonyl (C=O) groups excluding carboxylic acids is 1. The van der Waals surface area contributed by atoms with Gasteiger partial charge in [-0.15, -0.1) is 0 Å². The van der Waals surface area contributed by atoms with E-state index in [1.165, 1.54) is 12.1 Å². The predicted octanol–water partition coefficient (Wildman–Crippen LogP) is 1.66. The number of amides is 1. The summed E-state index contributed by atoms with van der Waals surface area (Å²) in [5.41, 5.74) is 6.04. The van der Waals surface area contributed by atoms with Gasteiger partial charge < -0.3 is 15.8 Å². The molecule has 5 heteroatoms. The van der Waals surface area contributed by atoms with Crippen LogP contribution < -0.4 is 11.1 Å². The van der Waals surface area contributed by atoms with Gasteiger partial charge in [0.15, 0.2) is 0 Å². The van der Waals surface area contributed by atoms with E-state index in [2.05, 4.69) is 5.32 Å². The van der Waals surface area contributed by atoms with Crippen LogP contribution in [0.5, 0.6) is 0 Å². The molecule has 1 heterocycles. The Kier molecular flexibility index (Phi) is 3.81. The number of nitrogens with one attached hydrogen (secondary N) is 1. The summed E-state index contributed by atoms with van der Waals surface area (Å²) in [6.45, 7) is 1.97. The van der Waals surface area contributed by atoms with Gasteiger partial charge in [-0.05, 0) is 44.0 Å². The van der Waals surface area contributed by atoms with Crippen molar-refractivity contribution in [3.05, 3.63) is 30.1 Å². The van der Waals surface area contributed by atoms with Gasteiger partial charge in [0, 0.05) is 5.69 Å². The zero-order valence-corrected chi connectivity index (χ0v) is 10.2. The van der Waals surface area contributed by atoms with Crippen molar-refractivity contribution in [2.75, 3.05) is 5.32 Å². The highest BCUT2D eigenvalue weighted by Gasteiger charge is 2.33. The first-order valence-electron chi connectivity index (χ1n) is 6.03. The van der Waals surface area contributed by atoms with Crippen molar-refractivity contribution < 1.29 is 13.9 Å². The molecule has 0 bridgehead atoms. The molecule has 1 fully saturated rings. The Balaban J connectivity index is 2.07. The molecule has 98 valence electrons. The Labute approximate surface area is 105 Å². The molecule has 0 aromatic heterocycles. The van der Waals surface area contributed by atoms with Gasteiger partial charge in [0.25, 0.3) is 0 Å². The zero-order valence-electron chi connectivity index (χ0n) is 10.2. The number of hydrogen-bond donors (Lipinski definition) is 2. The highest BCUT2D eigenvalue weighted by molar-refractivity contribution is 5.83. The van der Waals surface area contributed by atoms with Crippen LogP contribution in [-0.2, 0) is 9.53 Å². The van der Waals surface area contributed by atoms with E-state index in [4.69, 9.17) is 10.5 Å². The summed E-state index contributed by atoms with van der Waals surface area (Å²) >= 11 is 0. The van der Waals surface area contributed by atoms with E-state index >= 15 is 0 Å². The van der Waals surface area contributed by atoms with Gasteiger partial charge in [0.2, 0.25) is 5.91 Å². The van der Waals surface area contributed by atoms with Crippen LogP contribution in [0.3, 0.4) is 0 Å². The van der Waals surface area contributed by atoms with Gasteiger partial charge >= 0.3 is 0 Å². The van der Waals surface area contributed by atoms with Gasteiger partial charge in [-0.2, -0.15) is 0 Å². The van der Waals surface area contributed by atoms with E-state index in [1.807, 2.05) is 6.92 Å². The molecule has 3 unspecified atom stereocenters. The number of primary amides is 1. The van der Waals surface area contributed by atoms with Crippen molar-refractivity contribution in [1.29, 1.82) is 0 Å². The minimum Gasteiger partial charge on any atom is -0.373 e. The maximum atomic E-state index is 12.8. The number of rotatable bonds is 4. The summed E-state index contributed by atoms with van der Waals surface area (Å²) in [5, 5.41) is 3.00. The van der Waals surface area contributed by atoms with Crippen molar-refractivity contribution in [3.63, 3.8) is 0 Å². The fourth-order valence-corrected chi connectivity index (χ4v) is 2.15. The Bertz CT molecular complexity index is 422. The number of hydrogen-bond acceptors (Lipinski definition) is 3. The van der Waals surface area contributed by atoms with E-state index in [9.17, 15) is 9.18 Å². The van der Waals surface area contributed by atoms with Crippen molar-refractivity contribution in [2.45, 2.75) is 38.0 Å². The third-order valence-corrected chi connectivity index (χ3v) is 3.11. The molecule has 2 rings (SSSR count). The molecule has 3 N–H and O–H groups in total. The molecule has 1 aliphatic rings. The largest absolute Gasteiger partial charge is 0.373 e. The van der Waals surface area contributed by atoms with Crippen LogP contribution in [0.4, 0.5) is 10.1 Å². The summed E-state index contributed by atoms with van der Waals surface area (Å²) < 4.78 is 18.4. The quantitative estimate of drug-likeness (QED) is 0.856. The lowest BCUT2D eigenvalue weighted by Gasteiger charge is -2.22. The lowest BCUT2D eigenvalue weighted by molar-refractivity contribution is -0.121. The lowest BCUT2D eigenvalue weighted by Crippen LogP contribution is -2.44. The monoisotopic (exact) mass is 252 g/mol. The van der Waals surface area contributed by atoms with Crippen LogP contribution in [0.2, 0.25) is 0 Å². The van der Waals surface area contributed by atoms with E-state index in [0.717, 1.165) is 12.8 Å². The molecular formula is C13H17FN2O2. The molecule has 1 aromatic carbocycles. The van der Waals surface area contributed by atoms with Crippen LogP contribution in [0.15, 0.2) is 24.3 Å². The summed E-state index contributed by atoms with van der Waals surface area (Å²) in [4.78, 5) is 11.5. The highest BCUT2D eigenvalue weighted by atomic mass is 19.1. The lowest BCUT2D eigenvalue weighted by atomic mass is 10.1. The van der Waals surface area contributed by atoms with Crippen LogP contribution in [0.1, 0.15) is 19.8 Å². The Morgan fingerprint density at radius 3 is 2.61 bits per heavy atom. The summed E-state index contributed by atoms with van der Waals surface area (Å²) in [6.07, 6.45) is 1.64. The van der Waals surface area contributed by atoms with E-state index in [-0.39, 0.29) is 18.0 Å². The van der Waals surface area contributed by atoms with E-state index in [1.54, 1.807) is 12.1 Å². The number of carbonyl (C=O) groups is 1. The smallest absolute Gasteiger partial charge is 0.242 e. The first-order valence-corrected chi connectivity index (χ1v) is 6.03. The van der Waals surface area contributed by atoms with Crippen molar-refractivity contribution in [2.24, 2.45) is 5.73 Å². The normalized spacial score (nSPS) is 24.8. The molecule has 0 saturated carbocycles. The zero-order chi connectivity index (χ0) is 13.1. The summed E-state index contributed by atoms with van der Waals surface area (Å²) in [6, 6.07) is 5.23. The minimum absolute atomic E-state index is 0.145. The Hall–Kier alpha value is -1.62. The van der Waals surface area contributed by atoms with Gasteiger partial charge in [-0.1, -0.05) is 0 Å². The van der Waals surface area contributed by atoms with E-state index in [0.29, 0.717) is 5.69 Å². The number of ether oxygens (including phenoxy) is 1. The standard InChI is InChI=1S/C13H17FN2O2/c1-8-2-7-11(18-8)12(13(15)17)16-10-5-3-9(14)4-6-10/h3-6,8,11-12,16H,2,7H2,1H3,(H2,15,17). The fraction of sp³-hybridized carbons (Fsp3) is 0.462. The highest BCUT2D eigenvalue weighted by Crippen LogP contribution is 2.23. The van der Waals surface area contributed by atoms with Crippen molar-refractivity contribution in [1.82, 2.24) is 0 Å². The first kappa shape index (κ1) is 12.8. The number of benzene rings is 1.